The fourth-order valence-corrected chi connectivity index (χ4v) is 4.36. The number of carbonyl (C=O) groups excluding carboxylic acids is 1. The summed E-state index contributed by atoms with van der Waals surface area (Å²) in [5, 5.41) is 3.32. The van der Waals surface area contributed by atoms with Crippen molar-refractivity contribution in [3.63, 3.8) is 0 Å². The van der Waals surface area contributed by atoms with E-state index in [2.05, 4.69) is 17.0 Å². The van der Waals surface area contributed by atoms with Gasteiger partial charge in [0.25, 0.3) is 0 Å². The zero-order valence-corrected chi connectivity index (χ0v) is 13.2. The monoisotopic (exact) mass is 286 g/mol. The third kappa shape index (κ3) is 2.84. The molecule has 0 radical (unpaired) electrons. The maximum absolute atomic E-state index is 12.4. The lowest BCUT2D eigenvalue weighted by Crippen LogP contribution is -2.56. The Morgan fingerprint density at radius 3 is 2.47 bits per heavy atom. The first kappa shape index (κ1) is 15.3. The number of nitrogens with one attached hydrogen (secondary N) is 2. The average Bonchev–Trinajstić information content (AvgIpc) is 2.54. The quantitative estimate of drug-likeness (QED) is 0.753. The molecule has 0 amide bonds. The van der Waals surface area contributed by atoms with Gasteiger partial charge in [0.2, 0.25) is 0 Å². The molecule has 1 unspecified atom stereocenters. The van der Waals surface area contributed by atoms with Gasteiger partial charge in [-0.3, -0.25) is 4.79 Å². The van der Waals surface area contributed by atoms with Gasteiger partial charge in [0, 0.05) is 17.8 Å². The van der Waals surface area contributed by atoms with Gasteiger partial charge in [0.05, 0.1) is 11.5 Å². The van der Waals surface area contributed by atoms with E-state index in [1.807, 2.05) is 20.8 Å². The summed E-state index contributed by atoms with van der Waals surface area (Å²) in [6.45, 7) is 9.77. The Bertz CT molecular complexity index is 348. The van der Waals surface area contributed by atoms with E-state index in [1.165, 1.54) is 0 Å². The zero-order chi connectivity index (χ0) is 14.3. The van der Waals surface area contributed by atoms with Gasteiger partial charge in [-0.1, -0.05) is 6.92 Å². The Morgan fingerprint density at radius 2 is 1.95 bits per heavy atom. The van der Waals surface area contributed by atoms with Crippen molar-refractivity contribution in [1.82, 2.24) is 10.0 Å². The normalized spacial score (nSPS) is 32.8. The van der Waals surface area contributed by atoms with Crippen LogP contribution < -0.4 is 10.0 Å². The van der Waals surface area contributed by atoms with Crippen LogP contribution in [0.4, 0.5) is 0 Å². The van der Waals surface area contributed by atoms with E-state index < -0.39 is 11.4 Å². The highest BCUT2D eigenvalue weighted by Crippen LogP contribution is 2.45. The van der Waals surface area contributed by atoms with Gasteiger partial charge in [-0.2, -0.15) is 0 Å². The van der Waals surface area contributed by atoms with Gasteiger partial charge >= 0.3 is 0 Å². The summed E-state index contributed by atoms with van der Waals surface area (Å²) in [5.74, 6) is 0.641. The van der Waals surface area contributed by atoms with Crippen molar-refractivity contribution in [2.75, 3.05) is 13.1 Å². The van der Waals surface area contributed by atoms with Gasteiger partial charge in [-0.15, -0.1) is 4.72 Å². The van der Waals surface area contributed by atoms with Gasteiger partial charge in [-0.25, -0.2) is 0 Å². The van der Waals surface area contributed by atoms with Crippen LogP contribution in [0.2, 0.25) is 0 Å². The molecule has 1 aliphatic carbocycles. The Labute approximate surface area is 119 Å². The summed E-state index contributed by atoms with van der Waals surface area (Å²) in [4.78, 5) is 12.4. The molecule has 5 heteroatoms. The molecule has 1 saturated carbocycles. The molecule has 1 aliphatic heterocycles. The largest absolute Gasteiger partial charge is 0.598 e. The molecule has 2 N–H and O–H groups in total. The Balaban J connectivity index is 2.18. The maximum Gasteiger partial charge on any atom is 0.141 e. The van der Waals surface area contributed by atoms with E-state index in [0.717, 1.165) is 25.9 Å². The Kier molecular flexibility index (Phi) is 4.31. The molecule has 1 spiro atoms. The molecule has 1 heterocycles. The summed E-state index contributed by atoms with van der Waals surface area (Å²) in [6.07, 6.45) is 2.36. The fourth-order valence-electron chi connectivity index (χ4n) is 3.32. The van der Waals surface area contributed by atoms with Gasteiger partial charge < -0.3 is 9.87 Å². The van der Waals surface area contributed by atoms with E-state index in [0.29, 0.717) is 12.2 Å². The maximum atomic E-state index is 12.4. The van der Waals surface area contributed by atoms with Crippen LogP contribution in [0.25, 0.3) is 0 Å². The molecule has 0 aromatic heterocycles. The van der Waals surface area contributed by atoms with E-state index in [1.54, 1.807) is 0 Å². The summed E-state index contributed by atoms with van der Waals surface area (Å²) in [6, 6.07) is 0.0576. The molecule has 0 aromatic carbocycles. The van der Waals surface area contributed by atoms with Crippen LogP contribution in [-0.2, 0) is 16.2 Å². The van der Waals surface area contributed by atoms with E-state index in [-0.39, 0.29) is 22.1 Å². The number of ketones is 1. The van der Waals surface area contributed by atoms with Crippen LogP contribution >= 0.6 is 0 Å². The third-order valence-electron chi connectivity index (χ3n) is 4.51. The summed E-state index contributed by atoms with van der Waals surface area (Å²) >= 11 is -1.11. The van der Waals surface area contributed by atoms with Crippen molar-refractivity contribution in [3.8, 4) is 0 Å². The van der Waals surface area contributed by atoms with E-state index >= 15 is 0 Å². The van der Waals surface area contributed by atoms with E-state index in [9.17, 15) is 9.35 Å². The molecule has 2 fully saturated rings. The van der Waals surface area contributed by atoms with Crippen LogP contribution in [0.3, 0.4) is 0 Å². The highest BCUT2D eigenvalue weighted by Gasteiger charge is 2.55. The lowest BCUT2D eigenvalue weighted by Gasteiger charge is -2.40. The number of rotatable bonds is 2. The first-order valence-electron chi connectivity index (χ1n) is 7.19. The molecule has 19 heavy (non-hydrogen) atoms. The number of hydrogen-bond donors (Lipinski definition) is 2. The minimum Gasteiger partial charge on any atom is -0.598 e. The van der Waals surface area contributed by atoms with Crippen LogP contribution in [-0.4, -0.2) is 34.2 Å². The lowest BCUT2D eigenvalue weighted by atomic mass is 9.73. The molecule has 2 aliphatic rings. The molecule has 2 rings (SSSR count). The molecule has 110 valence electrons. The Morgan fingerprint density at radius 1 is 1.37 bits per heavy atom. The second-order valence-electron chi connectivity index (χ2n) is 6.99. The van der Waals surface area contributed by atoms with Gasteiger partial charge in [0.15, 0.2) is 0 Å². The third-order valence-corrected chi connectivity index (χ3v) is 6.09. The van der Waals surface area contributed by atoms with Crippen LogP contribution in [0, 0.1) is 11.3 Å². The molecule has 0 bridgehead atoms. The number of carbonyl (C=O) groups is 1. The SMILES string of the molecule is C[C@H]1CC(=O)C2(CCNCC2)[C@@H]1N[S+]([O-])C(C)(C)C. The van der Waals surface area contributed by atoms with Gasteiger partial charge in [-0.05, 0) is 52.6 Å². The fraction of sp³-hybridized carbons (Fsp3) is 0.929. The van der Waals surface area contributed by atoms with Gasteiger partial charge in [0.1, 0.15) is 10.5 Å². The number of piperidine rings is 1. The highest BCUT2D eigenvalue weighted by molar-refractivity contribution is 7.90. The number of Topliss-reactive ketones (excluding diaryl/α,β-unsaturated/α-hetero) is 1. The predicted molar refractivity (Wildman–Crippen MR) is 78.1 cm³/mol. The topological polar surface area (TPSA) is 64.2 Å². The van der Waals surface area contributed by atoms with Crippen LogP contribution in [0.5, 0.6) is 0 Å². The predicted octanol–water partition coefficient (Wildman–Crippen LogP) is 1.39. The molecule has 4 nitrogen and oxygen atoms in total. The van der Waals surface area contributed by atoms with Crippen molar-refractivity contribution < 1.29 is 9.35 Å². The summed E-state index contributed by atoms with van der Waals surface area (Å²) in [7, 11) is 0. The second-order valence-corrected chi connectivity index (χ2v) is 8.99. The lowest BCUT2D eigenvalue weighted by molar-refractivity contribution is -0.127. The van der Waals surface area contributed by atoms with Crippen LogP contribution in [0.15, 0.2) is 0 Å². The van der Waals surface area contributed by atoms with E-state index in [4.69, 9.17) is 0 Å². The first-order chi connectivity index (χ1) is 8.77. The minimum atomic E-state index is -1.11. The zero-order valence-electron chi connectivity index (χ0n) is 12.4. The summed E-state index contributed by atoms with van der Waals surface area (Å²) in [5.41, 5.74) is -0.286. The molecular formula is C14H26N2O2S. The van der Waals surface area contributed by atoms with Crippen molar-refractivity contribution in [1.29, 1.82) is 0 Å². The average molecular weight is 286 g/mol. The number of hydrogen-bond acceptors (Lipinski definition) is 4. The van der Waals surface area contributed by atoms with Crippen molar-refractivity contribution in [3.05, 3.63) is 0 Å². The molecule has 0 aromatic rings. The molecule has 3 atom stereocenters. The highest BCUT2D eigenvalue weighted by atomic mass is 32.2. The Hall–Kier alpha value is -0.100. The second kappa shape index (κ2) is 5.35. The summed E-state index contributed by atoms with van der Waals surface area (Å²) < 4.78 is 15.4. The van der Waals surface area contributed by atoms with Crippen molar-refractivity contribution in [2.45, 2.75) is 57.7 Å². The van der Waals surface area contributed by atoms with Crippen molar-refractivity contribution >= 4 is 17.1 Å². The minimum absolute atomic E-state index is 0.0576. The molecule has 1 saturated heterocycles. The van der Waals surface area contributed by atoms with Crippen molar-refractivity contribution in [2.24, 2.45) is 11.3 Å². The smallest absolute Gasteiger partial charge is 0.141 e. The molecular weight excluding hydrogens is 260 g/mol. The van der Waals surface area contributed by atoms with Crippen LogP contribution in [0.1, 0.15) is 47.0 Å². The standard InChI is InChI=1S/C14H26N2O2S/c1-10-9-11(17)14(5-7-15-8-6-14)12(10)16-19(18)13(2,3)4/h10,12,15-16H,5-9H2,1-4H3/t10-,12+,19?/m0/s1. The first-order valence-corrected chi connectivity index (χ1v) is 8.34.